The van der Waals surface area contributed by atoms with Gasteiger partial charge in [0.05, 0.1) is 0 Å². The molecule has 0 aromatic heterocycles. The molecule has 1 unspecified atom stereocenters. The molecule has 2 aromatic rings. The topological polar surface area (TPSA) is 46.2 Å². The second-order valence-electron chi connectivity index (χ2n) is 4.57. The molecule has 0 radical (unpaired) electrons. The number of hydrogen-bond donors (Lipinski definition) is 2. The van der Waals surface area contributed by atoms with Gasteiger partial charge in [-0.25, -0.2) is 0 Å². The van der Waals surface area contributed by atoms with Gasteiger partial charge in [-0.1, -0.05) is 30.3 Å². The molecule has 1 aliphatic carbocycles. The monoisotopic (exact) mass is 225 g/mol. The maximum absolute atomic E-state index is 10.1. The summed E-state index contributed by atoms with van der Waals surface area (Å²) in [5.41, 5.74) is 11.6. The van der Waals surface area contributed by atoms with E-state index in [-0.39, 0.29) is 5.92 Å². The number of nitrogens with two attached hydrogens (primary N) is 1. The number of benzene rings is 2. The average molecular weight is 225 g/mol. The van der Waals surface area contributed by atoms with Crippen LogP contribution in [0.3, 0.4) is 0 Å². The summed E-state index contributed by atoms with van der Waals surface area (Å²) in [6.07, 6.45) is 0. The van der Waals surface area contributed by atoms with Gasteiger partial charge >= 0.3 is 0 Å². The highest BCUT2D eigenvalue weighted by Gasteiger charge is 2.30. The van der Waals surface area contributed by atoms with Crippen molar-refractivity contribution < 1.29 is 5.11 Å². The van der Waals surface area contributed by atoms with Crippen LogP contribution in [0.2, 0.25) is 0 Å². The molecule has 1 atom stereocenters. The first-order chi connectivity index (χ1) is 8.24. The Morgan fingerprint density at radius 2 is 1.71 bits per heavy atom. The summed E-state index contributed by atoms with van der Waals surface area (Å²) in [7, 11) is 0. The van der Waals surface area contributed by atoms with Crippen molar-refractivity contribution in [3.8, 4) is 16.9 Å². The predicted octanol–water partition coefficient (Wildman–Crippen LogP) is 2.77. The van der Waals surface area contributed by atoms with Crippen molar-refractivity contribution in [1.29, 1.82) is 0 Å². The van der Waals surface area contributed by atoms with Crippen molar-refractivity contribution in [2.45, 2.75) is 12.8 Å². The first-order valence-corrected chi connectivity index (χ1v) is 5.86. The lowest BCUT2D eigenvalue weighted by Crippen LogP contribution is -2.11. The molecule has 2 heteroatoms. The van der Waals surface area contributed by atoms with Gasteiger partial charge in [-0.05, 0) is 35.2 Å². The van der Waals surface area contributed by atoms with Crippen molar-refractivity contribution in [2.24, 2.45) is 5.73 Å². The minimum Gasteiger partial charge on any atom is -0.507 e. The van der Waals surface area contributed by atoms with Crippen LogP contribution in [-0.2, 0) is 0 Å². The van der Waals surface area contributed by atoms with E-state index in [9.17, 15) is 5.11 Å². The molecule has 2 aromatic carbocycles. The largest absolute Gasteiger partial charge is 0.507 e. The summed E-state index contributed by atoms with van der Waals surface area (Å²) >= 11 is 0. The number of hydrogen-bond acceptors (Lipinski definition) is 2. The number of rotatable bonds is 1. The van der Waals surface area contributed by atoms with Gasteiger partial charge in [0.15, 0.2) is 0 Å². The summed E-state index contributed by atoms with van der Waals surface area (Å²) in [4.78, 5) is 0. The minimum absolute atomic E-state index is 0.215. The first kappa shape index (κ1) is 10.4. The zero-order chi connectivity index (χ0) is 12.0. The van der Waals surface area contributed by atoms with Crippen LogP contribution in [0.25, 0.3) is 11.1 Å². The Kier molecular flexibility index (Phi) is 2.20. The fourth-order valence-corrected chi connectivity index (χ4v) is 2.86. The van der Waals surface area contributed by atoms with Crippen molar-refractivity contribution in [1.82, 2.24) is 0 Å². The molecule has 0 saturated heterocycles. The SMILES string of the molecule is Cc1cccc2c1-c1c(O)cccc1C2CN. The second-order valence-corrected chi connectivity index (χ2v) is 4.57. The number of aromatic hydroxyl groups is 1. The fraction of sp³-hybridized carbons (Fsp3) is 0.200. The lowest BCUT2D eigenvalue weighted by atomic mass is 9.96. The lowest BCUT2D eigenvalue weighted by Gasteiger charge is -2.10. The van der Waals surface area contributed by atoms with Crippen molar-refractivity contribution in [2.75, 3.05) is 6.54 Å². The molecule has 0 aliphatic heterocycles. The van der Waals surface area contributed by atoms with Crippen LogP contribution >= 0.6 is 0 Å². The Bertz CT molecular complexity index is 538. The van der Waals surface area contributed by atoms with E-state index in [0.29, 0.717) is 12.3 Å². The smallest absolute Gasteiger partial charge is 0.123 e. The van der Waals surface area contributed by atoms with E-state index < -0.39 is 0 Å². The van der Waals surface area contributed by atoms with Crippen LogP contribution in [-0.4, -0.2) is 11.7 Å². The Morgan fingerprint density at radius 3 is 2.41 bits per heavy atom. The summed E-state index contributed by atoms with van der Waals surface area (Å²) < 4.78 is 0. The fourth-order valence-electron chi connectivity index (χ4n) is 2.86. The second kappa shape index (κ2) is 3.60. The van der Waals surface area contributed by atoms with Crippen LogP contribution in [0.1, 0.15) is 22.6 Å². The normalized spacial score (nSPS) is 16.7. The molecule has 0 spiro atoms. The third-order valence-electron chi connectivity index (χ3n) is 3.62. The van der Waals surface area contributed by atoms with Gasteiger partial charge < -0.3 is 10.8 Å². The molecule has 86 valence electrons. The molecule has 0 fully saturated rings. The minimum atomic E-state index is 0.215. The summed E-state index contributed by atoms with van der Waals surface area (Å²) in [5, 5.41) is 10.1. The molecule has 0 saturated carbocycles. The van der Waals surface area contributed by atoms with Gasteiger partial charge in [-0.3, -0.25) is 0 Å². The van der Waals surface area contributed by atoms with E-state index >= 15 is 0 Å². The van der Waals surface area contributed by atoms with E-state index in [0.717, 1.165) is 16.7 Å². The van der Waals surface area contributed by atoms with Crippen LogP contribution in [0, 0.1) is 6.92 Å². The molecule has 3 N–H and O–H groups in total. The third kappa shape index (κ3) is 1.31. The van der Waals surface area contributed by atoms with Crippen molar-refractivity contribution >= 4 is 0 Å². The lowest BCUT2D eigenvalue weighted by molar-refractivity contribution is 0.477. The number of phenols is 1. The molecule has 0 amide bonds. The molecule has 1 aliphatic rings. The Balaban J connectivity index is 2.39. The van der Waals surface area contributed by atoms with Crippen LogP contribution in [0.5, 0.6) is 5.75 Å². The van der Waals surface area contributed by atoms with Crippen LogP contribution in [0.15, 0.2) is 36.4 Å². The van der Waals surface area contributed by atoms with Gasteiger partial charge in [0.2, 0.25) is 0 Å². The van der Waals surface area contributed by atoms with E-state index in [1.54, 1.807) is 6.07 Å². The molecule has 0 bridgehead atoms. The Labute approximate surface area is 101 Å². The average Bonchev–Trinajstić information content (AvgIpc) is 2.65. The Morgan fingerprint density at radius 1 is 1.06 bits per heavy atom. The van der Waals surface area contributed by atoms with E-state index in [1.165, 1.54) is 11.1 Å². The van der Waals surface area contributed by atoms with Crippen LogP contribution < -0.4 is 5.73 Å². The molecule has 2 nitrogen and oxygen atoms in total. The summed E-state index contributed by atoms with van der Waals surface area (Å²) in [5.74, 6) is 0.570. The summed E-state index contributed by atoms with van der Waals surface area (Å²) in [6, 6.07) is 11.9. The highest BCUT2D eigenvalue weighted by atomic mass is 16.3. The maximum atomic E-state index is 10.1. The highest BCUT2D eigenvalue weighted by Crippen LogP contribution is 2.49. The van der Waals surface area contributed by atoms with E-state index in [2.05, 4.69) is 31.2 Å². The van der Waals surface area contributed by atoms with Gasteiger partial charge in [0.1, 0.15) is 5.75 Å². The van der Waals surface area contributed by atoms with Gasteiger partial charge in [-0.2, -0.15) is 0 Å². The van der Waals surface area contributed by atoms with Crippen molar-refractivity contribution in [3.63, 3.8) is 0 Å². The standard InChI is InChI=1S/C15H15NO/c1-9-4-2-5-10-12(8-16)11-6-3-7-13(17)15(11)14(9)10/h2-7,12,17H,8,16H2,1H3. The molecule has 3 rings (SSSR count). The Hall–Kier alpha value is -1.80. The summed E-state index contributed by atoms with van der Waals surface area (Å²) in [6.45, 7) is 2.65. The van der Waals surface area contributed by atoms with Crippen LogP contribution in [0.4, 0.5) is 0 Å². The predicted molar refractivity (Wildman–Crippen MR) is 69.2 cm³/mol. The highest BCUT2D eigenvalue weighted by molar-refractivity contribution is 5.85. The quantitative estimate of drug-likeness (QED) is 0.784. The molecule has 0 heterocycles. The van der Waals surface area contributed by atoms with E-state index in [4.69, 9.17) is 5.73 Å². The number of phenolic OH excluding ortho intramolecular Hbond substituents is 1. The number of aryl methyl sites for hydroxylation is 1. The zero-order valence-electron chi connectivity index (χ0n) is 9.77. The number of fused-ring (bicyclic) bond motifs is 3. The molecular formula is C15H15NO. The van der Waals surface area contributed by atoms with Gasteiger partial charge in [-0.15, -0.1) is 0 Å². The molecular weight excluding hydrogens is 210 g/mol. The third-order valence-corrected chi connectivity index (χ3v) is 3.62. The first-order valence-electron chi connectivity index (χ1n) is 5.86. The van der Waals surface area contributed by atoms with Crippen molar-refractivity contribution in [3.05, 3.63) is 53.1 Å². The maximum Gasteiger partial charge on any atom is 0.123 e. The van der Waals surface area contributed by atoms with Gasteiger partial charge in [0, 0.05) is 18.0 Å². The molecule has 17 heavy (non-hydrogen) atoms. The van der Waals surface area contributed by atoms with Gasteiger partial charge in [0.25, 0.3) is 0 Å². The van der Waals surface area contributed by atoms with E-state index in [1.807, 2.05) is 6.07 Å². The zero-order valence-corrected chi connectivity index (χ0v) is 9.77.